The molecule has 0 aliphatic carbocycles. The second-order valence-corrected chi connectivity index (χ2v) is 6.25. The summed E-state index contributed by atoms with van der Waals surface area (Å²) in [4.78, 5) is 0. The molecule has 0 aliphatic heterocycles. The Labute approximate surface area is 129 Å². The van der Waals surface area contributed by atoms with Crippen LogP contribution in [0.15, 0.2) is 12.1 Å². The lowest BCUT2D eigenvalue weighted by molar-refractivity contribution is 0.0815. The Balaban J connectivity index is 2.55. The normalized spacial score (nSPS) is 12.7. The molecule has 0 radical (unpaired) electrons. The molecule has 0 saturated heterocycles. The highest BCUT2D eigenvalue weighted by Crippen LogP contribution is 2.25. The molecule has 0 amide bonds. The topological polar surface area (TPSA) is 44.5 Å². The summed E-state index contributed by atoms with van der Waals surface area (Å²) in [6.07, 6.45) is 1.93. The first-order chi connectivity index (χ1) is 9.93. The van der Waals surface area contributed by atoms with Crippen molar-refractivity contribution in [3.05, 3.63) is 28.8 Å². The van der Waals surface area contributed by atoms with E-state index in [1.165, 1.54) is 16.7 Å². The third-order valence-electron chi connectivity index (χ3n) is 3.47. The maximum atomic E-state index is 6.03. The zero-order valence-corrected chi connectivity index (χ0v) is 14.2. The van der Waals surface area contributed by atoms with Crippen molar-refractivity contribution >= 4 is 0 Å². The first-order valence-electron chi connectivity index (χ1n) is 8.00. The highest BCUT2D eigenvalue weighted by atomic mass is 16.5. The van der Waals surface area contributed by atoms with E-state index in [9.17, 15) is 0 Å². The molecule has 0 aliphatic rings. The Bertz CT molecular complexity index is 406. The Morgan fingerprint density at radius 2 is 1.71 bits per heavy atom. The van der Waals surface area contributed by atoms with E-state index in [2.05, 4.69) is 46.8 Å². The maximum absolute atomic E-state index is 6.03. The fourth-order valence-corrected chi connectivity index (χ4v) is 2.35. The average molecular weight is 293 g/mol. The summed E-state index contributed by atoms with van der Waals surface area (Å²) in [6, 6.07) is 4.61. The van der Waals surface area contributed by atoms with E-state index < -0.39 is 0 Å². The number of hydrogen-bond donors (Lipinski definition) is 1. The van der Waals surface area contributed by atoms with Crippen LogP contribution in [0.25, 0.3) is 0 Å². The van der Waals surface area contributed by atoms with E-state index in [-0.39, 0.29) is 6.04 Å². The third-order valence-corrected chi connectivity index (χ3v) is 3.47. The molecule has 3 nitrogen and oxygen atoms in total. The quantitative estimate of drug-likeness (QED) is 0.707. The van der Waals surface area contributed by atoms with Crippen LogP contribution in [0.4, 0.5) is 0 Å². The van der Waals surface area contributed by atoms with Crippen LogP contribution in [-0.4, -0.2) is 25.9 Å². The lowest BCUT2D eigenvalue weighted by Crippen LogP contribution is -2.21. The SMILES string of the molecule is CCC(N)Cc1cc(C)c(OCCOCC(C)C)c(C)c1. The highest BCUT2D eigenvalue weighted by Gasteiger charge is 2.09. The molecule has 120 valence electrons. The van der Waals surface area contributed by atoms with Gasteiger partial charge in [-0.15, -0.1) is 0 Å². The van der Waals surface area contributed by atoms with Crippen LogP contribution >= 0.6 is 0 Å². The number of ether oxygens (including phenoxy) is 2. The maximum Gasteiger partial charge on any atom is 0.125 e. The number of aryl methyl sites for hydroxylation is 2. The van der Waals surface area contributed by atoms with Gasteiger partial charge in [0.1, 0.15) is 12.4 Å². The molecule has 0 saturated carbocycles. The van der Waals surface area contributed by atoms with Crippen LogP contribution in [0.1, 0.15) is 43.9 Å². The van der Waals surface area contributed by atoms with Crippen molar-refractivity contribution < 1.29 is 9.47 Å². The van der Waals surface area contributed by atoms with Crippen molar-refractivity contribution in [3.8, 4) is 5.75 Å². The second-order valence-electron chi connectivity index (χ2n) is 6.25. The Morgan fingerprint density at radius 3 is 2.24 bits per heavy atom. The molecule has 3 heteroatoms. The first-order valence-corrected chi connectivity index (χ1v) is 8.00. The monoisotopic (exact) mass is 293 g/mol. The molecule has 0 spiro atoms. The summed E-state index contributed by atoms with van der Waals surface area (Å²) in [6.45, 7) is 12.6. The predicted molar refractivity (Wildman–Crippen MR) is 89.0 cm³/mol. The minimum Gasteiger partial charge on any atom is -0.491 e. The zero-order valence-electron chi connectivity index (χ0n) is 14.2. The third kappa shape index (κ3) is 6.49. The van der Waals surface area contributed by atoms with Gasteiger partial charge in [-0.2, -0.15) is 0 Å². The Hall–Kier alpha value is -1.06. The van der Waals surface area contributed by atoms with E-state index in [1.54, 1.807) is 0 Å². The predicted octanol–water partition coefficient (Wildman–Crippen LogP) is 3.63. The summed E-state index contributed by atoms with van der Waals surface area (Å²) in [7, 11) is 0. The van der Waals surface area contributed by atoms with Gasteiger partial charge < -0.3 is 15.2 Å². The van der Waals surface area contributed by atoms with Gasteiger partial charge in [0.25, 0.3) is 0 Å². The van der Waals surface area contributed by atoms with Gasteiger partial charge in [0.15, 0.2) is 0 Å². The van der Waals surface area contributed by atoms with Gasteiger partial charge in [0.2, 0.25) is 0 Å². The molecular weight excluding hydrogens is 262 g/mol. The van der Waals surface area contributed by atoms with Crippen LogP contribution in [0.5, 0.6) is 5.75 Å². The minimum absolute atomic E-state index is 0.236. The van der Waals surface area contributed by atoms with Crippen LogP contribution in [0.3, 0.4) is 0 Å². The van der Waals surface area contributed by atoms with Gasteiger partial charge in [0.05, 0.1) is 6.61 Å². The largest absolute Gasteiger partial charge is 0.491 e. The molecular formula is C18H31NO2. The van der Waals surface area contributed by atoms with Gasteiger partial charge in [-0.1, -0.05) is 32.9 Å². The lowest BCUT2D eigenvalue weighted by atomic mass is 9.99. The van der Waals surface area contributed by atoms with Crippen molar-refractivity contribution in [3.63, 3.8) is 0 Å². The lowest BCUT2D eigenvalue weighted by Gasteiger charge is -2.16. The molecule has 2 N–H and O–H groups in total. The van der Waals surface area contributed by atoms with Gasteiger partial charge in [-0.3, -0.25) is 0 Å². The van der Waals surface area contributed by atoms with Crippen LogP contribution < -0.4 is 10.5 Å². The van der Waals surface area contributed by atoms with E-state index in [0.29, 0.717) is 19.1 Å². The van der Waals surface area contributed by atoms with E-state index >= 15 is 0 Å². The number of benzene rings is 1. The number of hydrogen-bond acceptors (Lipinski definition) is 3. The van der Waals surface area contributed by atoms with Gasteiger partial charge in [-0.05, 0) is 49.3 Å². The summed E-state index contributed by atoms with van der Waals surface area (Å²) in [5, 5.41) is 0. The van der Waals surface area contributed by atoms with Gasteiger partial charge in [0, 0.05) is 12.6 Å². The number of rotatable bonds is 9. The second kappa shape index (κ2) is 9.06. The van der Waals surface area contributed by atoms with Crippen LogP contribution in [-0.2, 0) is 11.2 Å². The molecule has 0 bridgehead atoms. The molecule has 1 rings (SSSR count). The van der Waals surface area contributed by atoms with Crippen LogP contribution in [0.2, 0.25) is 0 Å². The standard InChI is InChI=1S/C18H31NO2/c1-6-17(19)11-16-9-14(4)18(15(5)10-16)21-8-7-20-12-13(2)3/h9-10,13,17H,6-8,11-12,19H2,1-5H3. The number of nitrogens with two attached hydrogens (primary N) is 1. The molecule has 1 aromatic rings. The van der Waals surface area contributed by atoms with Gasteiger partial charge >= 0.3 is 0 Å². The van der Waals surface area contributed by atoms with Crippen molar-refractivity contribution in [2.75, 3.05) is 19.8 Å². The fraction of sp³-hybridized carbons (Fsp3) is 0.667. The molecule has 1 unspecified atom stereocenters. The van der Waals surface area contributed by atoms with Crippen LogP contribution in [0, 0.1) is 19.8 Å². The average Bonchev–Trinajstić information content (AvgIpc) is 2.40. The molecule has 1 aromatic carbocycles. The smallest absolute Gasteiger partial charge is 0.125 e. The Morgan fingerprint density at radius 1 is 1.10 bits per heavy atom. The van der Waals surface area contributed by atoms with Gasteiger partial charge in [-0.25, -0.2) is 0 Å². The van der Waals surface area contributed by atoms with E-state index in [1.807, 2.05) is 0 Å². The summed E-state index contributed by atoms with van der Waals surface area (Å²) in [5.41, 5.74) is 9.68. The molecule has 0 fully saturated rings. The molecule has 1 atom stereocenters. The minimum atomic E-state index is 0.236. The molecule has 21 heavy (non-hydrogen) atoms. The summed E-state index contributed by atoms with van der Waals surface area (Å²) < 4.78 is 11.4. The first kappa shape index (κ1) is 18.0. The van der Waals surface area contributed by atoms with E-state index in [4.69, 9.17) is 15.2 Å². The highest BCUT2D eigenvalue weighted by molar-refractivity contribution is 5.43. The molecule has 0 aromatic heterocycles. The van der Waals surface area contributed by atoms with Crippen molar-refractivity contribution in [1.29, 1.82) is 0 Å². The van der Waals surface area contributed by atoms with E-state index in [0.717, 1.165) is 25.2 Å². The molecule has 0 heterocycles. The van der Waals surface area contributed by atoms with Crippen molar-refractivity contribution in [2.45, 2.75) is 53.5 Å². The summed E-state index contributed by atoms with van der Waals surface area (Å²) in [5.74, 6) is 1.55. The fourth-order valence-electron chi connectivity index (χ4n) is 2.35. The zero-order chi connectivity index (χ0) is 15.8. The Kier molecular flexibility index (Phi) is 7.76. The van der Waals surface area contributed by atoms with Crippen molar-refractivity contribution in [2.24, 2.45) is 11.7 Å². The van der Waals surface area contributed by atoms with Crippen molar-refractivity contribution in [1.82, 2.24) is 0 Å². The summed E-state index contributed by atoms with van der Waals surface area (Å²) >= 11 is 0.